The fourth-order valence-corrected chi connectivity index (χ4v) is 3.64. The molecule has 0 aliphatic carbocycles. The lowest BCUT2D eigenvalue weighted by atomic mass is 10.2. The van der Waals surface area contributed by atoms with E-state index in [0.29, 0.717) is 10.9 Å². The van der Waals surface area contributed by atoms with Crippen LogP contribution in [0.1, 0.15) is 12.0 Å². The zero-order chi connectivity index (χ0) is 21.0. The number of para-hydroxylation sites is 1. The SMILES string of the molecule is COc1ccc(NC(=O)C[C@H]2SC(=Nc3ccccc3C)NC2=O)c([N+](=O)[O-])c1. The highest BCUT2D eigenvalue weighted by Crippen LogP contribution is 2.30. The molecule has 0 spiro atoms. The average Bonchev–Trinajstić information content (AvgIpc) is 3.02. The molecule has 0 radical (unpaired) electrons. The lowest BCUT2D eigenvalue weighted by Crippen LogP contribution is -2.28. The van der Waals surface area contributed by atoms with Crippen LogP contribution in [0.25, 0.3) is 0 Å². The molecule has 2 aromatic rings. The number of aliphatic imine (C=N–C) groups is 1. The molecule has 0 bridgehead atoms. The van der Waals surface area contributed by atoms with Crippen LogP contribution < -0.4 is 15.4 Å². The van der Waals surface area contributed by atoms with Gasteiger partial charge in [-0.25, -0.2) is 4.99 Å². The van der Waals surface area contributed by atoms with Crippen molar-refractivity contribution in [2.24, 2.45) is 4.99 Å². The number of nitro groups is 1. The van der Waals surface area contributed by atoms with Crippen molar-refractivity contribution in [2.45, 2.75) is 18.6 Å². The van der Waals surface area contributed by atoms with Crippen molar-refractivity contribution in [1.29, 1.82) is 0 Å². The Bertz CT molecular complexity index is 1010. The van der Waals surface area contributed by atoms with Crippen LogP contribution >= 0.6 is 11.8 Å². The maximum absolute atomic E-state index is 12.4. The third-order valence-corrected chi connectivity index (χ3v) is 5.24. The third kappa shape index (κ3) is 4.91. The summed E-state index contributed by atoms with van der Waals surface area (Å²) in [5.74, 6) is -0.540. The van der Waals surface area contributed by atoms with Crippen LogP contribution in [0.2, 0.25) is 0 Å². The van der Waals surface area contributed by atoms with Gasteiger partial charge in [-0.05, 0) is 30.7 Å². The second-order valence-corrected chi connectivity index (χ2v) is 7.38. The normalized spacial score (nSPS) is 17.1. The highest BCUT2D eigenvalue weighted by molar-refractivity contribution is 8.15. The molecule has 1 heterocycles. The number of ether oxygens (including phenoxy) is 1. The van der Waals surface area contributed by atoms with Crippen LogP contribution in [0.4, 0.5) is 17.1 Å². The van der Waals surface area contributed by atoms with Gasteiger partial charge in [0.25, 0.3) is 5.69 Å². The number of benzene rings is 2. The number of hydrogen-bond donors (Lipinski definition) is 2. The van der Waals surface area contributed by atoms with Gasteiger partial charge in [0.15, 0.2) is 5.17 Å². The highest BCUT2D eigenvalue weighted by Gasteiger charge is 2.32. The van der Waals surface area contributed by atoms with Crippen LogP contribution in [0.15, 0.2) is 47.5 Å². The monoisotopic (exact) mass is 414 g/mol. The maximum atomic E-state index is 12.4. The summed E-state index contributed by atoms with van der Waals surface area (Å²) < 4.78 is 4.97. The molecule has 1 aliphatic rings. The molecule has 2 aromatic carbocycles. The zero-order valence-corrected chi connectivity index (χ0v) is 16.5. The number of amidine groups is 1. The zero-order valence-electron chi connectivity index (χ0n) is 15.7. The number of methoxy groups -OCH3 is 1. The van der Waals surface area contributed by atoms with E-state index in [0.717, 1.165) is 23.0 Å². The van der Waals surface area contributed by atoms with Gasteiger partial charge in [-0.3, -0.25) is 19.7 Å². The van der Waals surface area contributed by atoms with Crippen molar-refractivity contribution in [3.8, 4) is 5.75 Å². The van der Waals surface area contributed by atoms with Gasteiger partial charge in [0.2, 0.25) is 11.8 Å². The van der Waals surface area contributed by atoms with E-state index in [1.165, 1.54) is 25.3 Å². The predicted molar refractivity (Wildman–Crippen MR) is 111 cm³/mol. The summed E-state index contributed by atoms with van der Waals surface area (Å²) in [5.41, 5.74) is 1.44. The van der Waals surface area contributed by atoms with Crippen molar-refractivity contribution < 1.29 is 19.2 Å². The molecule has 10 heteroatoms. The van der Waals surface area contributed by atoms with E-state index >= 15 is 0 Å². The van der Waals surface area contributed by atoms with Crippen LogP contribution in [-0.4, -0.2) is 34.3 Å². The van der Waals surface area contributed by atoms with Crippen LogP contribution in [-0.2, 0) is 9.59 Å². The minimum atomic E-state index is -0.671. The van der Waals surface area contributed by atoms with Gasteiger partial charge >= 0.3 is 0 Å². The second kappa shape index (κ2) is 8.74. The molecular weight excluding hydrogens is 396 g/mol. The maximum Gasteiger partial charge on any atom is 0.296 e. The van der Waals surface area contributed by atoms with Gasteiger partial charge in [-0.1, -0.05) is 30.0 Å². The largest absolute Gasteiger partial charge is 0.496 e. The van der Waals surface area contributed by atoms with Crippen molar-refractivity contribution in [3.05, 3.63) is 58.1 Å². The Kier molecular flexibility index (Phi) is 6.13. The topological polar surface area (TPSA) is 123 Å². The number of anilines is 1. The predicted octanol–water partition coefficient (Wildman–Crippen LogP) is 3.16. The van der Waals surface area contributed by atoms with Gasteiger partial charge in [0.1, 0.15) is 16.7 Å². The average molecular weight is 414 g/mol. The molecule has 2 N–H and O–H groups in total. The molecule has 1 atom stereocenters. The van der Waals surface area contributed by atoms with E-state index in [1.54, 1.807) is 0 Å². The number of amides is 2. The molecule has 0 saturated carbocycles. The Morgan fingerprint density at radius 3 is 2.79 bits per heavy atom. The van der Waals surface area contributed by atoms with Crippen molar-refractivity contribution >= 4 is 45.8 Å². The Morgan fingerprint density at radius 1 is 1.34 bits per heavy atom. The molecule has 2 amide bonds. The molecule has 0 aromatic heterocycles. The molecule has 1 saturated heterocycles. The van der Waals surface area contributed by atoms with E-state index in [-0.39, 0.29) is 23.7 Å². The lowest BCUT2D eigenvalue weighted by molar-refractivity contribution is -0.384. The third-order valence-electron chi connectivity index (χ3n) is 4.16. The number of rotatable bonds is 6. The highest BCUT2D eigenvalue weighted by atomic mass is 32.2. The van der Waals surface area contributed by atoms with Crippen molar-refractivity contribution in [1.82, 2.24) is 5.32 Å². The number of thioether (sulfide) groups is 1. The van der Waals surface area contributed by atoms with Gasteiger partial charge in [0, 0.05) is 6.42 Å². The van der Waals surface area contributed by atoms with Gasteiger partial charge in [-0.2, -0.15) is 0 Å². The standard InChI is InChI=1S/C19H18N4O5S/c1-11-5-3-4-6-13(11)21-19-22-18(25)16(29-19)10-17(24)20-14-8-7-12(28-2)9-15(14)23(26)27/h3-9,16H,10H2,1-2H3,(H,20,24)(H,21,22,25)/t16-/m1/s1. The van der Waals surface area contributed by atoms with E-state index in [4.69, 9.17) is 4.74 Å². The van der Waals surface area contributed by atoms with Crippen molar-refractivity contribution in [2.75, 3.05) is 12.4 Å². The molecule has 150 valence electrons. The molecule has 9 nitrogen and oxygen atoms in total. The van der Waals surface area contributed by atoms with E-state index in [2.05, 4.69) is 15.6 Å². The number of hydrogen-bond acceptors (Lipinski definition) is 7. The van der Waals surface area contributed by atoms with E-state index < -0.39 is 16.1 Å². The number of nitro benzene ring substituents is 1. The first-order chi connectivity index (χ1) is 13.9. The first-order valence-corrected chi connectivity index (χ1v) is 9.49. The van der Waals surface area contributed by atoms with E-state index in [9.17, 15) is 19.7 Å². The van der Waals surface area contributed by atoms with Gasteiger partial charge in [0.05, 0.1) is 23.8 Å². The Hall–Kier alpha value is -3.40. The Labute approximate surface area is 170 Å². The summed E-state index contributed by atoms with van der Waals surface area (Å²) in [6.07, 6.45) is -0.146. The fourth-order valence-electron chi connectivity index (χ4n) is 2.66. The number of carbonyl (C=O) groups excluding carboxylic acids is 2. The number of carbonyl (C=O) groups is 2. The van der Waals surface area contributed by atoms with Crippen molar-refractivity contribution in [3.63, 3.8) is 0 Å². The fraction of sp³-hybridized carbons (Fsp3) is 0.211. The molecular formula is C19H18N4O5S. The molecule has 0 unspecified atom stereocenters. The summed E-state index contributed by atoms with van der Waals surface area (Å²) >= 11 is 1.15. The van der Waals surface area contributed by atoms with Gasteiger partial charge in [-0.15, -0.1) is 0 Å². The summed E-state index contributed by atoms with van der Waals surface area (Å²) in [4.78, 5) is 39.6. The molecule has 1 fully saturated rings. The van der Waals surface area contributed by atoms with E-state index in [1.807, 2.05) is 31.2 Å². The first-order valence-electron chi connectivity index (χ1n) is 8.61. The Balaban J connectivity index is 1.68. The summed E-state index contributed by atoms with van der Waals surface area (Å²) in [6.45, 7) is 1.91. The first kappa shape index (κ1) is 20.3. The number of nitrogens with zero attached hydrogens (tertiary/aromatic N) is 2. The molecule has 29 heavy (non-hydrogen) atoms. The summed E-state index contributed by atoms with van der Waals surface area (Å²) in [5, 5.41) is 16.1. The second-order valence-electron chi connectivity index (χ2n) is 6.19. The quantitative estimate of drug-likeness (QED) is 0.553. The number of aryl methyl sites for hydroxylation is 1. The molecule has 3 rings (SSSR count). The number of nitrogens with one attached hydrogen (secondary N) is 2. The van der Waals surface area contributed by atoms with Crippen LogP contribution in [0.5, 0.6) is 5.75 Å². The minimum Gasteiger partial charge on any atom is -0.496 e. The Morgan fingerprint density at radius 2 is 2.10 bits per heavy atom. The van der Waals surface area contributed by atoms with Crippen LogP contribution in [0, 0.1) is 17.0 Å². The summed E-state index contributed by atoms with van der Waals surface area (Å²) in [7, 11) is 1.39. The lowest BCUT2D eigenvalue weighted by Gasteiger charge is -2.09. The molecule has 1 aliphatic heterocycles. The smallest absolute Gasteiger partial charge is 0.296 e. The van der Waals surface area contributed by atoms with Gasteiger partial charge < -0.3 is 15.4 Å². The summed E-state index contributed by atoms with van der Waals surface area (Å²) in [6, 6.07) is 11.6. The minimum absolute atomic E-state index is 0.0398. The van der Waals surface area contributed by atoms with Crippen LogP contribution in [0.3, 0.4) is 0 Å².